The SMILES string of the molecule is CC(=O)N1CCC(c2ccc(-c3ccn(S(N)(=O)=O)c3C(=O)O)cc2)CC1. The van der Waals surface area contributed by atoms with E-state index in [2.05, 4.69) is 0 Å². The van der Waals surface area contributed by atoms with Crippen LogP contribution in [0.15, 0.2) is 36.5 Å². The van der Waals surface area contributed by atoms with Gasteiger partial charge in [-0.25, -0.2) is 13.9 Å². The Hall–Kier alpha value is -2.65. The summed E-state index contributed by atoms with van der Waals surface area (Å²) in [6, 6.07) is 8.82. The predicted octanol–water partition coefficient (Wildman–Crippen LogP) is 1.63. The van der Waals surface area contributed by atoms with Crippen LogP contribution in [-0.2, 0) is 15.0 Å². The first-order valence-electron chi connectivity index (χ1n) is 8.52. The number of amides is 1. The van der Waals surface area contributed by atoms with Gasteiger partial charge >= 0.3 is 16.2 Å². The van der Waals surface area contributed by atoms with E-state index in [1.807, 2.05) is 17.0 Å². The van der Waals surface area contributed by atoms with Gasteiger partial charge in [-0.1, -0.05) is 24.3 Å². The van der Waals surface area contributed by atoms with Crippen LogP contribution in [0.3, 0.4) is 0 Å². The number of benzene rings is 1. The van der Waals surface area contributed by atoms with Crippen molar-refractivity contribution in [3.63, 3.8) is 0 Å². The number of nitrogens with zero attached hydrogens (tertiary/aromatic N) is 2. The van der Waals surface area contributed by atoms with Crippen LogP contribution in [0.1, 0.15) is 41.7 Å². The molecule has 1 aromatic carbocycles. The van der Waals surface area contributed by atoms with Crippen molar-refractivity contribution < 1.29 is 23.1 Å². The van der Waals surface area contributed by atoms with Gasteiger partial charge in [-0.3, -0.25) is 4.79 Å². The summed E-state index contributed by atoms with van der Waals surface area (Å²) in [6.45, 7) is 3.02. The Labute approximate surface area is 157 Å². The number of piperidine rings is 1. The van der Waals surface area contributed by atoms with Crippen molar-refractivity contribution in [2.75, 3.05) is 13.1 Å². The van der Waals surface area contributed by atoms with Crippen LogP contribution >= 0.6 is 0 Å². The molecule has 0 atom stereocenters. The molecule has 9 heteroatoms. The van der Waals surface area contributed by atoms with Crippen LogP contribution < -0.4 is 5.14 Å². The highest BCUT2D eigenvalue weighted by Gasteiger charge is 2.24. The summed E-state index contributed by atoms with van der Waals surface area (Å²) in [5.41, 5.74) is 1.61. The number of aromatic nitrogens is 1. The van der Waals surface area contributed by atoms with E-state index in [1.165, 1.54) is 6.07 Å². The number of carboxylic acids is 1. The minimum absolute atomic E-state index is 0.0874. The molecule has 0 bridgehead atoms. The normalized spacial score (nSPS) is 15.7. The van der Waals surface area contributed by atoms with Crippen molar-refractivity contribution in [2.45, 2.75) is 25.7 Å². The summed E-state index contributed by atoms with van der Waals surface area (Å²) >= 11 is 0. The van der Waals surface area contributed by atoms with E-state index in [1.54, 1.807) is 19.1 Å². The Kier molecular flexibility index (Phi) is 5.07. The molecule has 2 aromatic rings. The van der Waals surface area contributed by atoms with Gasteiger partial charge in [0, 0.05) is 31.8 Å². The number of likely N-dealkylation sites (tertiary alicyclic amines) is 1. The molecule has 1 fully saturated rings. The number of nitrogens with two attached hydrogens (primary N) is 1. The van der Waals surface area contributed by atoms with Crippen LogP contribution in [0.5, 0.6) is 0 Å². The first-order chi connectivity index (χ1) is 12.7. The molecule has 0 radical (unpaired) electrons. The van der Waals surface area contributed by atoms with Gasteiger partial charge in [0.25, 0.3) is 0 Å². The van der Waals surface area contributed by atoms with Crippen LogP contribution in [-0.4, -0.2) is 47.4 Å². The monoisotopic (exact) mass is 391 g/mol. The molecule has 2 heterocycles. The van der Waals surface area contributed by atoms with Crippen molar-refractivity contribution >= 4 is 22.1 Å². The molecule has 0 spiro atoms. The zero-order chi connectivity index (χ0) is 19.8. The van der Waals surface area contributed by atoms with Crippen molar-refractivity contribution in [1.82, 2.24) is 8.87 Å². The quantitative estimate of drug-likeness (QED) is 0.820. The molecule has 0 unspecified atom stereocenters. The van der Waals surface area contributed by atoms with E-state index in [9.17, 15) is 23.1 Å². The second-order valence-corrected chi connectivity index (χ2v) is 8.05. The summed E-state index contributed by atoms with van der Waals surface area (Å²) in [6.07, 6.45) is 2.89. The maximum absolute atomic E-state index is 11.6. The number of hydrogen-bond acceptors (Lipinski definition) is 4. The first-order valence-corrected chi connectivity index (χ1v) is 10.0. The van der Waals surface area contributed by atoms with E-state index >= 15 is 0 Å². The first kappa shape index (κ1) is 19.1. The Balaban J connectivity index is 1.86. The molecule has 1 aromatic heterocycles. The van der Waals surface area contributed by atoms with Crippen LogP contribution in [0, 0.1) is 0 Å². The average Bonchev–Trinajstić information content (AvgIpc) is 3.08. The van der Waals surface area contributed by atoms with Crippen LogP contribution in [0.2, 0.25) is 0 Å². The molecule has 1 amide bonds. The molecular formula is C18H21N3O5S. The lowest BCUT2D eigenvalue weighted by Gasteiger charge is -2.31. The van der Waals surface area contributed by atoms with E-state index in [0.29, 0.717) is 15.5 Å². The van der Waals surface area contributed by atoms with E-state index in [-0.39, 0.29) is 17.2 Å². The maximum Gasteiger partial charge on any atom is 0.354 e. The third-order valence-corrected chi connectivity index (χ3v) is 5.81. The molecule has 8 nitrogen and oxygen atoms in total. The minimum Gasteiger partial charge on any atom is -0.477 e. The fraction of sp³-hybridized carbons (Fsp3) is 0.333. The summed E-state index contributed by atoms with van der Waals surface area (Å²) < 4.78 is 23.7. The van der Waals surface area contributed by atoms with Gasteiger partial charge in [0.2, 0.25) is 5.91 Å². The summed E-state index contributed by atoms with van der Waals surface area (Å²) in [5.74, 6) is -0.948. The maximum atomic E-state index is 11.6. The standard InChI is InChI=1S/C18H21N3O5S/c1-12(22)20-9-6-14(7-10-20)13-2-4-15(5-3-13)16-8-11-21(27(19,25)26)17(16)18(23)24/h2-5,8,11,14H,6-7,9-10H2,1H3,(H,23,24)(H2,19,25,26). The summed E-state index contributed by atoms with van der Waals surface area (Å²) in [5, 5.41) is 14.5. The van der Waals surface area contributed by atoms with Gasteiger partial charge in [0.05, 0.1) is 0 Å². The zero-order valence-corrected chi connectivity index (χ0v) is 15.6. The summed E-state index contributed by atoms with van der Waals surface area (Å²) in [7, 11) is -4.20. The Morgan fingerprint density at radius 1 is 1.11 bits per heavy atom. The van der Waals surface area contributed by atoms with Gasteiger partial charge in [-0.15, -0.1) is 0 Å². The van der Waals surface area contributed by atoms with Crippen LogP contribution in [0.25, 0.3) is 11.1 Å². The second-order valence-electron chi connectivity index (χ2n) is 6.63. The zero-order valence-electron chi connectivity index (χ0n) is 14.8. The predicted molar refractivity (Wildman–Crippen MR) is 99.6 cm³/mol. The fourth-order valence-electron chi connectivity index (χ4n) is 3.53. The molecule has 0 saturated carbocycles. The molecular weight excluding hydrogens is 370 g/mol. The molecule has 144 valence electrons. The average molecular weight is 391 g/mol. The van der Waals surface area contributed by atoms with Crippen LogP contribution in [0.4, 0.5) is 0 Å². The highest BCUT2D eigenvalue weighted by atomic mass is 32.2. The highest BCUT2D eigenvalue weighted by Crippen LogP contribution is 2.31. The molecule has 0 aliphatic carbocycles. The van der Waals surface area contributed by atoms with Crippen molar-refractivity contribution in [1.29, 1.82) is 0 Å². The molecule has 3 N–H and O–H groups in total. The van der Waals surface area contributed by atoms with Gasteiger partial charge in [0.15, 0.2) is 5.69 Å². The molecule has 1 aliphatic rings. The van der Waals surface area contributed by atoms with Crippen molar-refractivity contribution in [3.05, 3.63) is 47.8 Å². The number of hydrogen-bond donors (Lipinski definition) is 2. The van der Waals surface area contributed by atoms with Gasteiger partial charge < -0.3 is 10.0 Å². The molecule has 1 saturated heterocycles. The van der Waals surface area contributed by atoms with E-state index < -0.39 is 16.2 Å². The molecule has 3 rings (SSSR count). The summed E-state index contributed by atoms with van der Waals surface area (Å²) in [4.78, 5) is 24.8. The largest absolute Gasteiger partial charge is 0.477 e. The Morgan fingerprint density at radius 3 is 2.19 bits per heavy atom. The Bertz CT molecular complexity index is 971. The van der Waals surface area contributed by atoms with Gasteiger partial charge in [-0.05, 0) is 36.0 Å². The topological polar surface area (TPSA) is 123 Å². The Morgan fingerprint density at radius 2 is 1.70 bits per heavy atom. The fourth-order valence-corrected chi connectivity index (χ4v) is 4.19. The molecule has 27 heavy (non-hydrogen) atoms. The third-order valence-electron chi connectivity index (χ3n) is 4.96. The minimum atomic E-state index is -4.20. The number of carbonyl (C=O) groups is 2. The lowest BCUT2D eigenvalue weighted by atomic mass is 9.88. The smallest absolute Gasteiger partial charge is 0.354 e. The third kappa shape index (κ3) is 3.88. The number of rotatable bonds is 4. The molecule has 1 aliphatic heterocycles. The second kappa shape index (κ2) is 7.16. The van der Waals surface area contributed by atoms with E-state index in [0.717, 1.165) is 37.7 Å². The highest BCUT2D eigenvalue weighted by molar-refractivity contribution is 7.87. The number of carbonyl (C=O) groups excluding carboxylic acids is 1. The lowest BCUT2D eigenvalue weighted by molar-refractivity contribution is -0.129. The lowest BCUT2D eigenvalue weighted by Crippen LogP contribution is -2.36. The van der Waals surface area contributed by atoms with Gasteiger partial charge in [0.1, 0.15) is 0 Å². The number of carboxylic acid groups (broad SMARTS) is 1. The number of aromatic carboxylic acids is 1. The van der Waals surface area contributed by atoms with Gasteiger partial charge in [-0.2, -0.15) is 8.42 Å². The van der Waals surface area contributed by atoms with Crippen molar-refractivity contribution in [3.8, 4) is 11.1 Å². The van der Waals surface area contributed by atoms with E-state index in [4.69, 9.17) is 5.14 Å². The van der Waals surface area contributed by atoms with Crippen molar-refractivity contribution in [2.24, 2.45) is 5.14 Å².